The van der Waals surface area contributed by atoms with E-state index in [0.717, 1.165) is 38.3 Å². The van der Waals surface area contributed by atoms with Crippen LogP contribution in [0, 0.1) is 10.1 Å². The van der Waals surface area contributed by atoms with Crippen LogP contribution < -0.4 is 4.90 Å². The third-order valence-electron chi connectivity index (χ3n) is 4.18. The van der Waals surface area contributed by atoms with Crippen LogP contribution in [0.4, 0.5) is 11.4 Å². The molecule has 1 aromatic rings. The quantitative estimate of drug-likeness (QED) is 0.457. The maximum absolute atomic E-state index is 11.2. The molecule has 1 unspecified atom stereocenters. The Morgan fingerprint density at radius 1 is 1.43 bits per heavy atom. The molecule has 6 heteroatoms. The predicted molar refractivity (Wildman–Crippen MR) is 82.0 cm³/mol. The minimum Gasteiger partial charge on any atom is -0.369 e. The molecule has 0 aliphatic carbocycles. The molecule has 1 aromatic carbocycles. The molecule has 2 rings (SSSR count). The first-order valence-electron chi connectivity index (χ1n) is 7.33. The van der Waals surface area contributed by atoms with E-state index in [1.165, 1.54) is 12.1 Å². The van der Waals surface area contributed by atoms with Crippen molar-refractivity contribution >= 4 is 17.7 Å². The molecule has 1 heterocycles. The van der Waals surface area contributed by atoms with Crippen molar-refractivity contribution in [2.45, 2.75) is 26.3 Å². The molecule has 21 heavy (non-hydrogen) atoms. The Bertz CT molecular complexity index is 529. The smallest absolute Gasteiger partial charge is 0.270 e. The second-order valence-electron chi connectivity index (χ2n) is 5.23. The number of likely N-dealkylation sites (N-methyl/N-ethyl adjacent to an activating group) is 1. The molecule has 0 aromatic heterocycles. The first-order valence-corrected chi connectivity index (χ1v) is 7.33. The number of non-ortho nitro benzene ring substituents is 1. The summed E-state index contributed by atoms with van der Waals surface area (Å²) in [5, 5.41) is 10.8. The zero-order valence-electron chi connectivity index (χ0n) is 12.5. The third kappa shape index (κ3) is 3.21. The van der Waals surface area contributed by atoms with E-state index in [1.807, 2.05) is 0 Å². The third-order valence-corrected chi connectivity index (χ3v) is 4.18. The molecule has 0 saturated carbocycles. The summed E-state index contributed by atoms with van der Waals surface area (Å²) >= 11 is 0. The van der Waals surface area contributed by atoms with Crippen LogP contribution in [0.5, 0.6) is 0 Å². The van der Waals surface area contributed by atoms with Crippen LogP contribution in [0.15, 0.2) is 18.2 Å². The number of aldehydes is 1. The van der Waals surface area contributed by atoms with Gasteiger partial charge in [0.2, 0.25) is 0 Å². The molecule has 0 radical (unpaired) electrons. The molecule has 1 saturated heterocycles. The fourth-order valence-electron chi connectivity index (χ4n) is 3.04. The number of hydrogen-bond acceptors (Lipinski definition) is 5. The highest BCUT2D eigenvalue weighted by molar-refractivity contribution is 5.86. The van der Waals surface area contributed by atoms with E-state index >= 15 is 0 Å². The summed E-state index contributed by atoms with van der Waals surface area (Å²) in [5.74, 6) is 0. The molecular weight excluding hydrogens is 270 g/mol. The first kappa shape index (κ1) is 15.4. The maximum Gasteiger partial charge on any atom is 0.270 e. The standard InChI is InChI=1S/C15H21N3O3/c1-3-16(4-2)14-7-8-17(10-14)15-6-5-13(18(20)21)9-12(15)11-19/h5-6,9,11,14H,3-4,7-8,10H2,1-2H3. The number of nitro groups is 1. The van der Waals surface area contributed by atoms with Gasteiger partial charge in [-0.1, -0.05) is 13.8 Å². The van der Waals surface area contributed by atoms with Gasteiger partial charge in [0.1, 0.15) is 0 Å². The highest BCUT2D eigenvalue weighted by Crippen LogP contribution is 2.28. The molecule has 0 bridgehead atoms. The average Bonchev–Trinajstić information content (AvgIpc) is 2.97. The monoisotopic (exact) mass is 291 g/mol. The molecule has 0 spiro atoms. The highest BCUT2D eigenvalue weighted by atomic mass is 16.6. The van der Waals surface area contributed by atoms with Crippen molar-refractivity contribution in [2.75, 3.05) is 31.1 Å². The Hall–Kier alpha value is -1.95. The van der Waals surface area contributed by atoms with Gasteiger partial charge in [-0.3, -0.25) is 19.8 Å². The number of nitrogens with zero attached hydrogens (tertiary/aromatic N) is 3. The van der Waals surface area contributed by atoms with Gasteiger partial charge >= 0.3 is 0 Å². The van der Waals surface area contributed by atoms with Gasteiger partial charge in [-0.2, -0.15) is 0 Å². The van der Waals surface area contributed by atoms with Crippen LogP contribution in [0.2, 0.25) is 0 Å². The van der Waals surface area contributed by atoms with Gasteiger partial charge in [0.15, 0.2) is 6.29 Å². The molecule has 6 nitrogen and oxygen atoms in total. The largest absolute Gasteiger partial charge is 0.369 e. The van der Waals surface area contributed by atoms with E-state index in [0.29, 0.717) is 17.9 Å². The summed E-state index contributed by atoms with van der Waals surface area (Å²) in [7, 11) is 0. The lowest BCUT2D eigenvalue weighted by Crippen LogP contribution is -2.37. The molecule has 1 aliphatic heterocycles. The van der Waals surface area contributed by atoms with E-state index in [-0.39, 0.29) is 5.69 Å². The first-order chi connectivity index (χ1) is 10.1. The molecular formula is C15H21N3O3. The fraction of sp³-hybridized carbons (Fsp3) is 0.533. The molecule has 1 atom stereocenters. The summed E-state index contributed by atoms with van der Waals surface area (Å²) in [5.41, 5.74) is 1.15. The molecule has 1 fully saturated rings. The summed E-state index contributed by atoms with van der Waals surface area (Å²) in [4.78, 5) is 26.1. The number of hydrogen-bond donors (Lipinski definition) is 0. The number of carbonyl (C=O) groups excluding carboxylic acids is 1. The van der Waals surface area contributed by atoms with Crippen molar-refractivity contribution in [1.82, 2.24) is 4.90 Å². The van der Waals surface area contributed by atoms with Gasteiger partial charge in [0.25, 0.3) is 5.69 Å². The van der Waals surface area contributed by atoms with Crippen LogP contribution in [-0.2, 0) is 0 Å². The summed E-state index contributed by atoms with van der Waals surface area (Å²) in [6.45, 7) is 8.05. The summed E-state index contributed by atoms with van der Waals surface area (Å²) < 4.78 is 0. The lowest BCUT2D eigenvalue weighted by atomic mass is 10.1. The fourth-order valence-corrected chi connectivity index (χ4v) is 3.04. The van der Waals surface area contributed by atoms with E-state index < -0.39 is 4.92 Å². The zero-order chi connectivity index (χ0) is 15.4. The van der Waals surface area contributed by atoms with Gasteiger partial charge in [-0.15, -0.1) is 0 Å². The van der Waals surface area contributed by atoms with Gasteiger partial charge in [0, 0.05) is 42.5 Å². The second kappa shape index (κ2) is 6.67. The zero-order valence-corrected chi connectivity index (χ0v) is 12.5. The molecule has 0 N–H and O–H groups in total. The van der Waals surface area contributed by atoms with E-state index in [2.05, 4.69) is 23.6 Å². The highest BCUT2D eigenvalue weighted by Gasteiger charge is 2.27. The summed E-state index contributed by atoms with van der Waals surface area (Å²) in [6.07, 6.45) is 1.75. The number of nitro benzene ring substituents is 1. The molecule has 114 valence electrons. The van der Waals surface area contributed by atoms with Gasteiger partial charge in [0.05, 0.1) is 4.92 Å². The van der Waals surface area contributed by atoms with Crippen LogP contribution in [0.25, 0.3) is 0 Å². The number of anilines is 1. The van der Waals surface area contributed by atoms with E-state index in [9.17, 15) is 14.9 Å². The normalized spacial score (nSPS) is 18.2. The Balaban J connectivity index is 2.19. The predicted octanol–water partition coefficient (Wildman–Crippen LogP) is 2.33. The van der Waals surface area contributed by atoms with Crippen molar-refractivity contribution in [3.8, 4) is 0 Å². The van der Waals surface area contributed by atoms with Crippen molar-refractivity contribution in [2.24, 2.45) is 0 Å². The summed E-state index contributed by atoms with van der Waals surface area (Å²) in [6, 6.07) is 4.99. The second-order valence-corrected chi connectivity index (χ2v) is 5.23. The Labute approximate surface area is 124 Å². The minimum atomic E-state index is -0.473. The van der Waals surface area contributed by atoms with Gasteiger partial charge in [-0.05, 0) is 25.6 Å². The van der Waals surface area contributed by atoms with Crippen molar-refractivity contribution in [3.05, 3.63) is 33.9 Å². The number of benzene rings is 1. The van der Waals surface area contributed by atoms with Crippen LogP contribution >= 0.6 is 0 Å². The topological polar surface area (TPSA) is 66.7 Å². The molecule has 1 aliphatic rings. The number of rotatable bonds is 6. The Kier molecular flexibility index (Phi) is 4.90. The average molecular weight is 291 g/mol. The van der Waals surface area contributed by atoms with Crippen molar-refractivity contribution < 1.29 is 9.72 Å². The van der Waals surface area contributed by atoms with Gasteiger partial charge in [-0.25, -0.2) is 0 Å². The van der Waals surface area contributed by atoms with Crippen molar-refractivity contribution in [3.63, 3.8) is 0 Å². The SMILES string of the molecule is CCN(CC)C1CCN(c2ccc([N+](=O)[O-])cc2C=O)C1. The number of carbonyl (C=O) groups is 1. The lowest BCUT2D eigenvalue weighted by molar-refractivity contribution is -0.384. The van der Waals surface area contributed by atoms with Crippen molar-refractivity contribution in [1.29, 1.82) is 0 Å². The van der Waals surface area contributed by atoms with Crippen LogP contribution in [-0.4, -0.2) is 48.3 Å². The Morgan fingerprint density at radius 2 is 2.14 bits per heavy atom. The minimum absolute atomic E-state index is 0.0414. The van der Waals surface area contributed by atoms with Crippen LogP contribution in [0.1, 0.15) is 30.6 Å². The van der Waals surface area contributed by atoms with Gasteiger partial charge < -0.3 is 4.90 Å². The van der Waals surface area contributed by atoms with E-state index in [1.54, 1.807) is 6.07 Å². The molecule has 0 amide bonds. The van der Waals surface area contributed by atoms with Crippen LogP contribution in [0.3, 0.4) is 0 Å². The lowest BCUT2D eigenvalue weighted by Gasteiger charge is -2.27. The van der Waals surface area contributed by atoms with E-state index in [4.69, 9.17) is 0 Å². The maximum atomic E-state index is 11.2. The Morgan fingerprint density at radius 3 is 2.71 bits per heavy atom.